The molecule has 0 radical (unpaired) electrons. The summed E-state index contributed by atoms with van der Waals surface area (Å²) in [6, 6.07) is 4.27. The maximum Gasteiger partial charge on any atom is 0.335 e. The first-order chi connectivity index (χ1) is 8.10. The van der Waals surface area contributed by atoms with Crippen molar-refractivity contribution in [1.29, 1.82) is 0 Å². The lowest BCUT2D eigenvalue weighted by Crippen LogP contribution is -2.24. The zero-order valence-electron chi connectivity index (χ0n) is 8.85. The molecule has 3 N–H and O–H groups in total. The highest BCUT2D eigenvalue weighted by atomic mass is 32.1. The Hall–Kier alpha value is -2.15. The Morgan fingerprint density at radius 3 is 2.82 bits per heavy atom. The van der Waals surface area contributed by atoms with Crippen molar-refractivity contribution in [2.75, 3.05) is 12.4 Å². The quantitative estimate of drug-likeness (QED) is 0.758. The van der Waals surface area contributed by atoms with Crippen LogP contribution in [0.5, 0.6) is 0 Å². The molecule has 0 aliphatic rings. The van der Waals surface area contributed by atoms with Crippen LogP contribution in [0, 0.1) is 0 Å². The Bertz CT molecular complexity index is 593. The Labute approximate surface area is 100 Å². The number of aromatic carboxylic acids is 1. The molecule has 1 aromatic carbocycles. The smallest absolute Gasteiger partial charge is 0.335 e. The van der Waals surface area contributed by atoms with Gasteiger partial charge in [-0.25, -0.2) is 14.6 Å². The third-order valence-electron chi connectivity index (χ3n) is 2.08. The number of carboxylic acid groups (broad SMARTS) is 1. The van der Waals surface area contributed by atoms with E-state index in [4.69, 9.17) is 5.11 Å². The monoisotopic (exact) mass is 251 g/mol. The topological polar surface area (TPSA) is 91.3 Å². The van der Waals surface area contributed by atoms with E-state index in [9.17, 15) is 9.59 Å². The number of carbonyl (C=O) groups is 2. The number of amides is 2. The zero-order chi connectivity index (χ0) is 12.4. The van der Waals surface area contributed by atoms with Gasteiger partial charge in [0.2, 0.25) is 0 Å². The Kier molecular flexibility index (Phi) is 2.92. The van der Waals surface area contributed by atoms with Crippen molar-refractivity contribution in [2.45, 2.75) is 0 Å². The van der Waals surface area contributed by atoms with Crippen LogP contribution in [-0.4, -0.2) is 29.1 Å². The van der Waals surface area contributed by atoms with Crippen molar-refractivity contribution in [3.8, 4) is 0 Å². The van der Waals surface area contributed by atoms with E-state index in [0.717, 1.165) is 4.70 Å². The summed E-state index contributed by atoms with van der Waals surface area (Å²) in [6.07, 6.45) is 0. The number of urea groups is 1. The largest absolute Gasteiger partial charge is 0.478 e. The number of fused-ring (bicyclic) bond motifs is 1. The van der Waals surface area contributed by atoms with Crippen LogP contribution >= 0.6 is 11.3 Å². The number of hydrogen-bond acceptors (Lipinski definition) is 4. The number of nitrogens with one attached hydrogen (secondary N) is 2. The molecule has 1 heterocycles. The normalized spacial score (nSPS) is 10.2. The number of rotatable bonds is 2. The van der Waals surface area contributed by atoms with E-state index in [1.165, 1.54) is 30.5 Å². The molecule has 88 valence electrons. The molecule has 0 saturated carbocycles. The summed E-state index contributed by atoms with van der Waals surface area (Å²) in [6.45, 7) is 0. The number of carbonyl (C=O) groups excluding carboxylic acids is 1. The van der Waals surface area contributed by atoms with Gasteiger partial charge in [-0.05, 0) is 18.2 Å². The standard InChI is InChI=1S/C10H9N3O3S/c1-11-9(16)13-10-12-6-3-2-5(8(14)15)4-7(6)17-10/h2-4H,1H3,(H,14,15)(H2,11,12,13,16). The molecule has 0 fully saturated rings. The van der Waals surface area contributed by atoms with Gasteiger partial charge in [0.25, 0.3) is 0 Å². The van der Waals surface area contributed by atoms with Crippen molar-refractivity contribution in [3.63, 3.8) is 0 Å². The van der Waals surface area contributed by atoms with Crippen molar-refractivity contribution in [3.05, 3.63) is 23.8 Å². The summed E-state index contributed by atoms with van der Waals surface area (Å²) >= 11 is 1.23. The number of nitrogens with zero attached hydrogens (tertiary/aromatic N) is 1. The van der Waals surface area contributed by atoms with Gasteiger partial charge in [-0.1, -0.05) is 11.3 Å². The van der Waals surface area contributed by atoms with Crippen LogP contribution in [0.25, 0.3) is 10.2 Å². The average molecular weight is 251 g/mol. The van der Waals surface area contributed by atoms with Crippen LogP contribution in [0.3, 0.4) is 0 Å². The van der Waals surface area contributed by atoms with Gasteiger partial charge in [0.15, 0.2) is 5.13 Å². The minimum atomic E-state index is -0.985. The molecule has 2 aromatic rings. The lowest BCUT2D eigenvalue weighted by Gasteiger charge is -1.97. The maximum atomic E-state index is 11.1. The van der Waals surface area contributed by atoms with Crippen molar-refractivity contribution >= 4 is 38.7 Å². The average Bonchev–Trinajstić information content (AvgIpc) is 2.69. The summed E-state index contributed by atoms with van der Waals surface area (Å²) in [5.41, 5.74) is 0.860. The molecular formula is C10H9N3O3S. The fraction of sp³-hybridized carbons (Fsp3) is 0.100. The van der Waals surface area contributed by atoms with Gasteiger partial charge >= 0.3 is 12.0 Å². The highest BCUT2D eigenvalue weighted by molar-refractivity contribution is 7.22. The highest BCUT2D eigenvalue weighted by Gasteiger charge is 2.09. The highest BCUT2D eigenvalue weighted by Crippen LogP contribution is 2.26. The molecule has 0 bridgehead atoms. The van der Waals surface area contributed by atoms with Crippen LogP contribution in [0.15, 0.2) is 18.2 Å². The lowest BCUT2D eigenvalue weighted by atomic mass is 10.2. The third kappa shape index (κ3) is 2.34. The molecule has 0 unspecified atom stereocenters. The van der Waals surface area contributed by atoms with E-state index < -0.39 is 5.97 Å². The molecule has 0 spiro atoms. The molecular weight excluding hydrogens is 242 g/mol. The van der Waals surface area contributed by atoms with Gasteiger partial charge in [0, 0.05) is 7.05 Å². The number of hydrogen-bond donors (Lipinski definition) is 3. The first-order valence-corrected chi connectivity index (χ1v) is 5.54. The van der Waals surface area contributed by atoms with E-state index >= 15 is 0 Å². The molecule has 0 aliphatic carbocycles. The van der Waals surface area contributed by atoms with Crippen molar-refractivity contribution in [1.82, 2.24) is 10.3 Å². The summed E-state index contributed by atoms with van der Waals surface area (Å²) in [5.74, 6) is -0.985. The molecule has 6 nitrogen and oxygen atoms in total. The number of anilines is 1. The molecule has 2 rings (SSSR count). The van der Waals surface area contributed by atoms with E-state index in [1.807, 2.05) is 0 Å². The summed E-state index contributed by atoms with van der Waals surface area (Å²) in [7, 11) is 1.51. The second-order valence-corrected chi connectivity index (χ2v) is 4.24. The first-order valence-electron chi connectivity index (χ1n) is 4.73. The number of benzene rings is 1. The van der Waals surface area contributed by atoms with Crippen LogP contribution in [0.4, 0.5) is 9.93 Å². The molecule has 1 aromatic heterocycles. The van der Waals surface area contributed by atoms with E-state index in [2.05, 4.69) is 15.6 Å². The Morgan fingerprint density at radius 1 is 1.41 bits per heavy atom. The third-order valence-corrected chi connectivity index (χ3v) is 3.02. The maximum absolute atomic E-state index is 11.1. The van der Waals surface area contributed by atoms with Gasteiger partial charge in [-0.3, -0.25) is 5.32 Å². The second kappa shape index (κ2) is 4.38. The Balaban J connectivity index is 2.37. The molecule has 17 heavy (non-hydrogen) atoms. The SMILES string of the molecule is CNC(=O)Nc1nc2ccc(C(=O)O)cc2s1. The molecule has 0 saturated heterocycles. The number of carboxylic acids is 1. The van der Waals surface area contributed by atoms with Crippen LogP contribution in [0.1, 0.15) is 10.4 Å². The molecule has 0 atom stereocenters. The van der Waals surface area contributed by atoms with Gasteiger partial charge in [0.1, 0.15) is 0 Å². The van der Waals surface area contributed by atoms with Gasteiger partial charge in [-0.2, -0.15) is 0 Å². The molecule has 0 aliphatic heterocycles. The summed E-state index contributed by atoms with van der Waals surface area (Å²) in [4.78, 5) is 26.0. The summed E-state index contributed by atoms with van der Waals surface area (Å²) in [5, 5.41) is 14.2. The van der Waals surface area contributed by atoms with Crippen LogP contribution < -0.4 is 10.6 Å². The van der Waals surface area contributed by atoms with Crippen LogP contribution in [-0.2, 0) is 0 Å². The van der Waals surface area contributed by atoms with Crippen molar-refractivity contribution < 1.29 is 14.7 Å². The predicted octanol–water partition coefficient (Wildman–Crippen LogP) is 1.75. The van der Waals surface area contributed by atoms with Gasteiger partial charge in [0.05, 0.1) is 15.8 Å². The number of aromatic nitrogens is 1. The number of thiazole rings is 1. The zero-order valence-corrected chi connectivity index (χ0v) is 9.67. The van der Waals surface area contributed by atoms with Gasteiger partial charge < -0.3 is 10.4 Å². The predicted molar refractivity (Wildman–Crippen MR) is 64.7 cm³/mol. The minimum Gasteiger partial charge on any atom is -0.478 e. The first kappa shape index (κ1) is 11.3. The van der Waals surface area contributed by atoms with E-state index in [-0.39, 0.29) is 11.6 Å². The van der Waals surface area contributed by atoms with Crippen molar-refractivity contribution in [2.24, 2.45) is 0 Å². The van der Waals surface area contributed by atoms with E-state index in [0.29, 0.717) is 10.6 Å². The lowest BCUT2D eigenvalue weighted by molar-refractivity contribution is 0.0697. The van der Waals surface area contributed by atoms with Crippen LogP contribution in [0.2, 0.25) is 0 Å². The Morgan fingerprint density at radius 2 is 2.18 bits per heavy atom. The van der Waals surface area contributed by atoms with Gasteiger partial charge in [-0.15, -0.1) is 0 Å². The molecule has 7 heteroatoms. The minimum absolute atomic E-state index is 0.202. The second-order valence-electron chi connectivity index (χ2n) is 3.21. The fourth-order valence-electron chi connectivity index (χ4n) is 1.27. The molecule has 2 amide bonds. The fourth-order valence-corrected chi connectivity index (χ4v) is 2.17. The summed E-state index contributed by atoms with van der Waals surface area (Å²) < 4.78 is 0.719. The van der Waals surface area contributed by atoms with E-state index in [1.54, 1.807) is 6.07 Å².